The first-order valence-corrected chi connectivity index (χ1v) is 7.78. The third kappa shape index (κ3) is 3.54. The Morgan fingerprint density at radius 1 is 1.22 bits per heavy atom. The molecule has 0 aliphatic heterocycles. The van der Waals surface area contributed by atoms with E-state index in [1.165, 1.54) is 12.8 Å². The Morgan fingerprint density at radius 2 is 1.94 bits per heavy atom. The Bertz CT molecular complexity index is 522. The maximum absolute atomic E-state index is 12.1. The smallest absolute Gasteiger partial charge is 0.240 e. The van der Waals surface area contributed by atoms with Gasteiger partial charge in [-0.2, -0.15) is 0 Å². The van der Waals surface area contributed by atoms with Gasteiger partial charge in [-0.15, -0.1) is 0 Å². The van der Waals surface area contributed by atoms with Crippen molar-refractivity contribution < 1.29 is 8.42 Å². The van der Waals surface area contributed by atoms with Crippen molar-refractivity contribution >= 4 is 10.0 Å². The number of hydrogen-bond acceptors (Lipinski definition) is 3. The number of aryl methyl sites for hydroxylation is 2. The summed E-state index contributed by atoms with van der Waals surface area (Å²) in [5, 5.41) is 3.28. The number of sulfonamides is 1. The zero-order valence-electron chi connectivity index (χ0n) is 10.9. The van der Waals surface area contributed by atoms with Crippen LogP contribution in [0.3, 0.4) is 0 Å². The van der Waals surface area contributed by atoms with Gasteiger partial charge in [0.1, 0.15) is 0 Å². The quantitative estimate of drug-likeness (QED) is 0.765. The van der Waals surface area contributed by atoms with E-state index in [1.54, 1.807) is 6.07 Å². The molecule has 1 aromatic carbocycles. The Hall–Kier alpha value is -0.910. The molecule has 0 heterocycles. The second kappa shape index (κ2) is 5.38. The third-order valence-electron chi connectivity index (χ3n) is 3.05. The number of benzene rings is 1. The van der Waals surface area contributed by atoms with Crippen LogP contribution < -0.4 is 10.0 Å². The molecule has 0 saturated heterocycles. The fourth-order valence-corrected chi connectivity index (χ4v) is 3.18. The molecule has 4 nitrogen and oxygen atoms in total. The van der Waals surface area contributed by atoms with Crippen LogP contribution >= 0.6 is 0 Å². The second-order valence-electron chi connectivity index (χ2n) is 4.90. The topological polar surface area (TPSA) is 58.2 Å². The Labute approximate surface area is 109 Å². The van der Waals surface area contributed by atoms with Gasteiger partial charge >= 0.3 is 0 Å². The number of nitrogens with one attached hydrogen (secondary N) is 2. The molecule has 1 aromatic rings. The predicted molar refractivity (Wildman–Crippen MR) is 72.1 cm³/mol. The zero-order chi connectivity index (χ0) is 13.2. The lowest BCUT2D eigenvalue weighted by Crippen LogP contribution is -2.33. The first kappa shape index (κ1) is 13.5. The fraction of sp³-hybridized carbons (Fsp3) is 0.538. The van der Waals surface area contributed by atoms with Crippen molar-refractivity contribution in [2.75, 3.05) is 13.1 Å². The predicted octanol–water partition coefficient (Wildman–Crippen LogP) is 1.33. The van der Waals surface area contributed by atoms with Gasteiger partial charge in [-0.25, -0.2) is 13.1 Å². The van der Waals surface area contributed by atoms with Crippen LogP contribution in [0.15, 0.2) is 23.1 Å². The van der Waals surface area contributed by atoms with Crippen molar-refractivity contribution in [2.45, 2.75) is 37.6 Å². The molecule has 0 atom stereocenters. The van der Waals surface area contributed by atoms with E-state index >= 15 is 0 Å². The molecule has 18 heavy (non-hydrogen) atoms. The van der Waals surface area contributed by atoms with E-state index in [-0.39, 0.29) is 0 Å². The van der Waals surface area contributed by atoms with Crippen LogP contribution in [0, 0.1) is 13.8 Å². The van der Waals surface area contributed by atoms with Crippen LogP contribution in [0.2, 0.25) is 0 Å². The van der Waals surface area contributed by atoms with Gasteiger partial charge in [0.25, 0.3) is 0 Å². The minimum absolute atomic E-state index is 0.375. The lowest BCUT2D eigenvalue weighted by molar-refractivity contribution is 0.575. The van der Waals surface area contributed by atoms with Crippen LogP contribution in [-0.2, 0) is 10.0 Å². The molecule has 2 rings (SSSR count). The largest absolute Gasteiger partial charge is 0.313 e. The van der Waals surface area contributed by atoms with Crippen LogP contribution in [0.5, 0.6) is 0 Å². The molecule has 5 heteroatoms. The minimum Gasteiger partial charge on any atom is -0.313 e. The van der Waals surface area contributed by atoms with E-state index in [1.807, 2.05) is 26.0 Å². The molecule has 0 bridgehead atoms. The van der Waals surface area contributed by atoms with Gasteiger partial charge in [-0.3, -0.25) is 0 Å². The highest BCUT2D eigenvalue weighted by Crippen LogP contribution is 2.18. The molecule has 0 unspecified atom stereocenters. The summed E-state index contributed by atoms with van der Waals surface area (Å²) in [7, 11) is -3.38. The Kier molecular flexibility index (Phi) is 4.04. The molecule has 2 N–H and O–H groups in total. The maximum atomic E-state index is 12.1. The highest BCUT2D eigenvalue weighted by Gasteiger charge is 2.20. The molecule has 0 spiro atoms. The van der Waals surface area contributed by atoms with Gasteiger partial charge in [-0.1, -0.05) is 17.7 Å². The minimum atomic E-state index is -3.38. The summed E-state index contributed by atoms with van der Waals surface area (Å²) in [5.41, 5.74) is 1.86. The maximum Gasteiger partial charge on any atom is 0.240 e. The highest BCUT2D eigenvalue weighted by molar-refractivity contribution is 7.89. The van der Waals surface area contributed by atoms with Gasteiger partial charge in [0.2, 0.25) is 10.0 Å². The first-order valence-electron chi connectivity index (χ1n) is 6.29. The first-order chi connectivity index (χ1) is 8.49. The van der Waals surface area contributed by atoms with Crippen molar-refractivity contribution in [2.24, 2.45) is 0 Å². The molecule has 1 aliphatic carbocycles. The molecule has 1 saturated carbocycles. The SMILES string of the molecule is Cc1ccc(S(=O)(=O)NCCNC2CC2)c(C)c1. The molecule has 0 amide bonds. The summed E-state index contributed by atoms with van der Waals surface area (Å²) >= 11 is 0. The summed E-state index contributed by atoms with van der Waals surface area (Å²) < 4.78 is 26.8. The average molecular weight is 268 g/mol. The van der Waals surface area contributed by atoms with E-state index in [9.17, 15) is 8.42 Å². The van der Waals surface area contributed by atoms with E-state index in [2.05, 4.69) is 10.0 Å². The number of rotatable bonds is 6. The normalized spacial score (nSPS) is 15.9. The van der Waals surface area contributed by atoms with Gasteiger partial charge < -0.3 is 5.32 Å². The van der Waals surface area contributed by atoms with Gasteiger partial charge in [0.15, 0.2) is 0 Å². The second-order valence-corrected chi connectivity index (χ2v) is 6.63. The fourth-order valence-electron chi connectivity index (χ4n) is 1.93. The molecular formula is C13H20N2O2S. The van der Waals surface area contributed by atoms with Crippen molar-refractivity contribution in [3.8, 4) is 0 Å². The van der Waals surface area contributed by atoms with E-state index in [0.717, 1.165) is 11.1 Å². The molecular weight excluding hydrogens is 248 g/mol. The van der Waals surface area contributed by atoms with Crippen molar-refractivity contribution in [1.82, 2.24) is 10.0 Å². The molecule has 100 valence electrons. The summed E-state index contributed by atoms with van der Waals surface area (Å²) in [5.74, 6) is 0. The lowest BCUT2D eigenvalue weighted by Gasteiger charge is -2.10. The standard InChI is InChI=1S/C13H20N2O2S/c1-10-3-6-13(11(2)9-10)18(16,17)15-8-7-14-12-4-5-12/h3,6,9,12,14-15H,4-5,7-8H2,1-2H3. The van der Waals surface area contributed by atoms with Crippen LogP contribution in [-0.4, -0.2) is 27.5 Å². The van der Waals surface area contributed by atoms with Gasteiger partial charge in [0.05, 0.1) is 4.90 Å². The van der Waals surface area contributed by atoms with E-state index < -0.39 is 10.0 Å². The van der Waals surface area contributed by atoms with Crippen LogP contribution in [0.4, 0.5) is 0 Å². The van der Waals surface area contributed by atoms with E-state index in [4.69, 9.17) is 0 Å². The summed E-state index contributed by atoms with van der Waals surface area (Å²) in [6, 6.07) is 5.98. The van der Waals surface area contributed by atoms with Crippen LogP contribution in [0.25, 0.3) is 0 Å². The van der Waals surface area contributed by atoms with Crippen molar-refractivity contribution in [1.29, 1.82) is 0 Å². The molecule has 1 aliphatic rings. The summed E-state index contributed by atoms with van der Waals surface area (Å²) in [4.78, 5) is 0.375. The van der Waals surface area contributed by atoms with E-state index in [0.29, 0.717) is 24.0 Å². The molecule has 0 aromatic heterocycles. The summed E-state index contributed by atoms with van der Waals surface area (Å²) in [6.07, 6.45) is 2.42. The monoisotopic (exact) mass is 268 g/mol. The highest BCUT2D eigenvalue weighted by atomic mass is 32.2. The van der Waals surface area contributed by atoms with Gasteiger partial charge in [-0.05, 0) is 38.3 Å². The Morgan fingerprint density at radius 3 is 2.56 bits per heavy atom. The average Bonchev–Trinajstić information content (AvgIpc) is 3.07. The van der Waals surface area contributed by atoms with Crippen LogP contribution in [0.1, 0.15) is 24.0 Å². The van der Waals surface area contributed by atoms with Gasteiger partial charge in [0, 0.05) is 19.1 Å². The zero-order valence-corrected chi connectivity index (χ0v) is 11.7. The van der Waals surface area contributed by atoms with Crippen molar-refractivity contribution in [3.63, 3.8) is 0 Å². The molecule has 0 radical (unpaired) electrons. The van der Waals surface area contributed by atoms with Crippen molar-refractivity contribution in [3.05, 3.63) is 29.3 Å². The summed E-state index contributed by atoms with van der Waals surface area (Å²) in [6.45, 7) is 4.90. The Balaban J connectivity index is 1.95. The number of hydrogen-bond donors (Lipinski definition) is 2. The lowest BCUT2D eigenvalue weighted by atomic mass is 10.2. The third-order valence-corrected chi connectivity index (χ3v) is 4.67. The molecule has 1 fully saturated rings.